The van der Waals surface area contributed by atoms with Crippen LogP contribution in [0, 0.1) is 11.7 Å². The van der Waals surface area contributed by atoms with Gasteiger partial charge in [0.05, 0.1) is 17.1 Å². The molecule has 0 amide bonds. The number of rotatable bonds is 1. The number of aliphatic hydroxyl groups is 1. The lowest BCUT2D eigenvalue weighted by Gasteiger charge is -2.19. The van der Waals surface area contributed by atoms with Gasteiger partial charge in [0.25, 0.3) is 0 Å². The number of aromatic nitrogens is 3. The molecule has 2 aromatic heterocycles. The lowest BCUT2D eigenvalue weighted by Crippen LogP contribution is -2.19. The first-order valence-corrected chi connectivity index (χ1v) is 6.64. The number of nitrogen functional groups attached to an aromatic ring is 1. The number of ether oxygens (including phenoxy) is 1. The highest BCUT2D eigenvalue weighted by atomic mass is 35.5. The fourth-order valence-corrected chi connectivity index (χ4v) is 3.29. The maximum Gasteiger partial charge on any atom is 0.226 e. The summed E-state index contributed by atoms with van der Waals surface area (Å²) in [5.41, 5.74) is 5.45. The zero-order chi connectivity index (χ0) is 14.2. The Kier molecular flexibility index (Phi) is 2.22. The Morgan fingerprint density at radius 1 is 1.60 bits per heavy atom. The lowest BCUT2D eigenvalue weighted by atomic mass is 10.2. The van der Waals surface area contributed by atoms with Crippen molar-refractivity contribution in [3.05, 3.63) is 17.3 Å². The average Bonchev–Trinajstić information content (AvgIpc) is 2.72. The normalized spacial score (nSPS) is 35.5. The van der Waals surface area contributed by atoms with E-state index >= 15 is 0 Å². The zero-order valence-electron chi connectivity index (χ0n) is 10.5. The van der Waals surface area contributed by atoms with Crippen molar-refractivity contribution in [2.24, 2.45) is 5.92 Å². The third-order valence-corrected chi connectivity index (χ3v) is 4.55. The van der Waals surface area contributed by atoms with Gasteiger partial charge in [-0.15, -0.1) is 0 Å². The Morgan fingerprint density at radius 3 is 3.00 bits per heavy atom. The van der Waals surface area contributed by atoms with Crippen LogP contribution in [-0.2, 0) is 4.74 Å². The summed E-state index contributed by atoms with van der Waals surface area (Å²) in [5, 5.41) is 9.81. The molecule has 2 fully saturated rings. The summed E-state index contributed by atoms with van der Waals surface area (Å²) >= 11 is 5.78. The van der Waals surface area contributed by atoms with Crippen LogP contribution in [0.1, 0.15) is 19.6 Å². The molecule has 1 saturated heterocycles. The first kappa shape index (κ1) is 12.3. The topological polar surface area (TPSA) is 86.2 Å². The van der Waals surface area contributed by atoms with Gasteiger partial charge in [-0.05, 0) is 18.5 Å². The summed E-state index contributed by atoms with van der Waals surface area (Å²) in [6.07, 6.45) is 1.05. The van der Waals surface area contributed by atoms with E-state index in [1.165, 1.54) is 6.20 Å². The third-order valence-electron chi connectivity index (χ3n) is 4.38. The molecule has 0 bridgehead atoms. The number of halogens is 2. The van der Waals surface area contributed by atoms with Gasteiger partial charge >= 0.3 is 0 Å². The van der Waals surface area contributed by atoms with E-state index in [4.69, 9.17) is 22.1 Å². The minimum Gasteiger partial charge on any atom is -0.390 e. The third kappa shape index (κ3) is 1.40. The Labute approximate surface area is 118 Å². The largest absolute Gasteiger partial charge is 0.390 e. The minimum absolute atomic E-state index is 0.00523. The van der Waals surface area contributed by atoms with Gasteiger partial charge in [0.2, 0.25) is 5.28 Å². The SMILES string of the molecule is C[C@]12OC(n3cc(F)c4c(N)nc(Cl)nc43)CC1C2O. The van der Waals surface area contributed by atoms with E-state index in [1.54, 1.807) is 4.57 Å². The molecule has 4 atom stereocenters. The summed E-state index contributed by atoms with van der Waals surface area (Å²) < 4.78 is 21.4. The average molecular weight is 299 g/mol. The van der Waals surface area contributed by atoms with Crippen LogP contribution in [0.2, 0.25) is 5.28 Å². The number of fused-ring (bicyclic) bond motifs is 2. The van der Waals surface area contributed by atoms with E-state index in [9.17, 15) is 9.50 Å². The molecule has 0 radical (unpaired) electrons. The molecule has 1 saturated carbocycles. The minimum atomic E-state index is -0.542. The molecule has 3 N–H and O–H groups in total. The first-order valence-electron chi connectivity index (χ1n) is 6.26. The summed E-state index contributed by atoms with van der Waals surface area (Å²) in [6, 6.07) is 0. The van der Waals surface area contributed by atoms with Crippen molar-refractivity contribution in [2.45, 2.75) is 31.3 Å². The first-order chi connectivity index (χ1) is 9.41. The number of nitrogens with two attached hydrogens (primary N) is 1. The van der Waals surface area contributed by atoms with Gasteiger partial charge < -0.3 is 20.1 Å². The van der Waals surface area contributed by atoms with Gasteiger partial charge in [0, 0.05) is 18.5 Å². The van der Waals surface area contributed by atoms with E-state index in [0.717, 1.165) is 0 Å². The van der Waals surface area contributed by atoms with E-state index in [1.807, 2.05) is 6.92 Å². The van der Waals surface area contributed by atoms with Crippen molar-refractivity contribution in [2.75, 3.05) is 5.73 Å². The second-order valence-corrected chi connectivity index (χ2v) is 5.84. The summed E-state index contributed by atoms with van der Waals surface area (Å²) in [5.74, 6) is -0.433. The number of nitrogens with zero attached hydrogens (tertiary/aromatic N) is 3. The van der Waals surface area contributed by atoms with Gasteiger partial charge in [-0.2, -0.15) is 4.98 Å². The van der Waals surface area contributed by atoms with Crippen LogP contribution in [0.3, 0.4) is 0 Å². The molecule has 1 aliphatic carbocycles. The Balaban J connectivity index is 1.82. The van der Waals surface area contributed by atoms with E-state index < -0.39 is 17.5 Å². The van der Waals surface area contributed by atoms with Crippen molar-refractivity contribution in [3.63, 3.8) is 0 Å². The van der Waals surface area contributed by atoms with Gasteiger partial charge in [-0.3, -0.25) is 0 Å². The molecule has 106 valence electrons. The second kappa shape index (κ2) is 3.60. The van der Waals surface area contributed by atoms with Crippen molar-refractivity contribution >= 4 is 28.5 Å². The highest BCUT2D eigenvalue weighted by Gasteiger charge is 2.68. The number of anilines is 1. The van der Waals surface area contributed by atoms with Crippen LogP contribution in [-0.4, -0.2) is 31.3 Å². The second-order valence-electron chi connectivity index (χ2n) is 5.50. The highest BCUT2D eigenvalue weighted by molar-refractivity contribution is 6.28. The van der Waals surface area contributed by atoms with E-state index in [2.05, 4.69) is 9.97 Å². The predicted molar refractivity (Wildman–Crippen MR) is 69.5 cm³/mol. The van der Waals surface area contributed by atoms with Crippen LogP contribution < -0.4 is 5.73 Å². The molecule has 6 nitrogen and oxygen atoms in total. The summed E-state index contributed by atoms with van der Waals surface area (Å²) in [4.78, 5) is 7.79. The predicted octanol–water partition coefficient (Wildman–Crippen LogP) is 1.47. The number of hydrogen-bond acceptors (Lipinski definition) is 5. The summed E-state index contributed by atoms with van der Waals surface area (Å²) in [7, 11) is 0. The Hall–Kier alpha value is -1.44. The fraction of sp³-hybridized carbons (Fsp3) is 0.500. The molecule has 3 heterocycles. The molecule has 8 heteroatoms. The van der Waals surface area contributed by atoms with Crippen molar-refractivity contribution in [1.29, 1.82) is 0 Å². The van der Waals surface area contributed by atoms with Gasteiger partial charge in [0.1, 0.15) is 12.0 Å². The standard InChI is InChI=1S/C12H12ClFN4O2/c1-12-4(8(12)19)2-6(20-12)18-3-5(14)7-9(15)16-11(13)17-10(7)18/h3-4,6,8,19H,2H2,1H3,(H2,15,16,17)/t4?,6?,8?,12-/m0/s1. The Bertz CT molecular complexity index is 736. The number of aliphatic hydroxyl groups excluding tert-OH is 1. The maximum atomic E-state index is 14.0. The van der Waals surface area contributed by atoms with E-state index in [-0.39, 0.29) is 28.6 Å². The van der Waals surface area contributed by atoms with Crippen LogP contribution in [0.25, 0.3) is 11.0 Å². The fourth-order valence-electron chi connectivity index (χ4n) is 3.12. The Morgan fingerprint density at radius 2 is 2.35 bits per heavy atom. The molecular formula is C12H12ClFN4O2. The quantitative estimate of drug-likeness (QED) is 0.779. The molecule has 0 aromatic carbocycles. The molecule has 2 aromatic rings. The van der Waals surface area contributed by atoms with Gasteiger partial charge in [-0.25, -0.2) is 9.37 Å². The van der Waals surface area contributed by atoms with Crippen LogP contribution >= 0.6 is 11.6 Å². The molecule has 2 aliphatic rings. The molecular weight excluding hydrogens is 287 g/mol. The van der Waals surface area contributed by atoms with Gasteiger partial charge in [0.15, 0.2) is 11.5 Å². The van der Waals surface area contributed by atoms with Crippen LogP contribution in [0.4, 0.5) is 10.2 Å². The van der Waals surface area contributed by atoms with E-state index in [0.29, 0.717) is 12.1 Å². The number of hydrogen-bond donors (Lipinski definition) is 2. The zero-order valence-corrected chi connectivity index (χ0v) is 11.3. The summed E-state index contributed by atoms with van der Waals surface area (Å²) in [6.45, 7) is 1.85. The molecule has 0 spiro atoms. The van der Waals surface area contributed by atoms with Crippen molar-refractivity contribution < 1.29 is 14.2 Å². The van der Waals surface area contributed by atoms with Crippen LogP contribution in [0.15, 0.2) is 6.20 Å². The van der Waals surface area contributed by atoms with Crippen LogP contribution in [0.5, 0.6) is 0 Å². The lowest BCUT2D eigenvalue weighted by molar-refractivity contribution is -0.0554. The maximum absolute atomic E-state index is 14.0. The smallest absolute Gasteiger partial charge is 0.226 e. The molecule has 4 rings (SSSR count). The van der Waals surface area contributed by atoms with Gasteiger partial charge in [-0.1, -0.05) is 0 Å². The highest BCUT2D eigenvalue weighted by Crippen LogP contribution is 2.59. The molecule has 1 aliphatic heterocycles. The van der Waals surface area contributed by atoms with Crippen molar-refractivity contribution in [1.82, 2.24) is 14.5 Å². The monoisotopic (exact) mass is 298 g/mol. The molecule has 20 heavy (non-hydrogen) atoms. The van der Waals surface area contributed by atoms with Crippen molar-refractivity contribution in [3.8, 4) is 0 Å². The molecule has 3 unspecified atom stereocenters.